The highest BCUT2D eigenvalue weighted by Crippen LogP contribution is 2.21. The predicted molar refractivity (Wildman–Crippen MR) is 105 cm³/mol. The molecule has 1 amide bonds. The Bertz CT molecular complexity index is 961. The maximum atomic E-state index is 14.5. The lowest BCUT2D eigenvalue weighted by Gasteiger charge is -2.09. The fraction of sp³-hybridized carbons (Fsp3) is 0.350. The fourth-order valence-corrected chi connectivity index (χ4v) is 4.04. The van der Waals surface area contributed by atoms with E-state index in [0.29, 0.717) is 27.9 Å². The number of amides is 1. The van der Waals surface area contributed by atoms with Gasteiger partial charge < -0.3 is 9.88 Å². The van der Waals surface area contributed by atoms with Crippen LogP contribution in [0.3, 0.4) is 0 Å². The van der Waals surface area contributed by atoms with Gasteiger partial charge in [0, 0.05) is 25.4 Å². The first-order valence-electron chi connectivity index (χ1n) is 8.88. The Morgan fingerprint density at radius 3 is 2.74 bits per heavy atom. The lowest BCUT2D eigenvalue weighted by molar-refractivity contribution is 0.0954. The van der Waals surface area contributed by atoms with Gasteiger partial charge in [-0.15, -0.1) is 11.3 Å². The van der Waals surface area contributed by atoms with Gasteiger partial charge in [0.1, 0.15) is 16.5 Å². The molecule has 7 heteroatoms. The fourth-order valence-electron chi connectivity index (χ4n) is 2.85. The number of hydrogen-bond donors (Lipinski definition) is 1. The van der Waals surface area contributed by atoms with Gasteiger partial charge in [-0.1, -0.05) is 19.9 Å². The van der Waals surface area contributed by atoms with E-state index in [2.05, 4.69) is 29.1 Å². The van der Waals surface area contributed by atoms with Crippen molar-refractivity contribution in [2.24, 2.45) is 5.92 Å². The Kier molecular flexibility index (Phi) is 5.70. The first-order valence-corrected chi connectivity index (χ1v) is 9.70. The van der Waals surface area contributed by atoms with Crippen molar-refractivity contribution < 1.29 is 9.18 Å². The highest BCUT2D eigenvalue weighted by atomic mass is 32.1. The summed E-state index contributed by atoms with van der Waals surface area (Å²) in [7, 11) is 0. The number of rotatable bonds is 6. The molecule has 2 aromatic heterocycles. The highest BCUT2D eigenvalue weighted by Gasteiger charge is 2.16. The number of hydrogen-bond acceptors (Lipinski definition) is 4. The molecule has 0 unspecified atom stereocenters. The zero-order valence-electron chi connectivity index (χ0n) is 15.9. The second kappa shape index (κ2) is 8.00. The minimum Gasteiger partial charge on any atom is -0.347 e. The SMILES string of the molecule is Cc1nc(CC(C)C)sc1C(=O)NCc1ccc(-n2ccnc2C)c(F)c1. The molecule has 0 aliphatic heterocycles. The number of aryl methyl sites for hydroxylation is 2. The zero-order valence-corrected chi connectivity index (χ0v) is 16.7. The maximum absolute atomic E-state index is 14.5. The van der Waals surface area contributed by atoms with E-state index < -0.39 is 0 Å². The summed E-state index contributed by atoms with van der Waals surface area (Å²) in [6, 6.07) is 4.95. The van der Waals surface area contributed by atoms with Gasteiger partial charge in [0.15, 0.2) is 0 Å². The van der Waals surface area contributed by atoms with Crippen molar-refractivity contribution in [1.29, 1.82) is 0 Å². The van der Waals surface area contributed by atoms with E-state index in [-0.39, 0.29) is 18.3 Å². The molecule has 0 aliphatic rings. The third-order valence-electron chi connectivity index (χ3n) is 4.18. The molecule has 0 radical (unpaired) electrons. The number of carbonyl (C=O) groups excluding carboxylic acids is 1. The van der Waals surface area contributed by atoms with Crippen LogP contribution in [0.4, 0.5) is 4.39 Å². The van der Waals surface area contributed by atoms with Crippen LogP contribution in [0.5, 0.6) is 0 Å². The van der Waals surface area contributed by atoms with Crippen LogP contribution in [0.2, 0.25) is 0 Å². The number of aromatic nitrogens is 3. The van der Waals surface area contributed by atoms with Crippen LogP contribution < -0.4 is 5.32 Å². The van der Waals surface area contributed by atoms with Gasteiger partial charge in [-0.2, -0.15) is 0 Å². The topological polar surface area (TPSA) is 59.8 Å². The second-order valence-electron chi connectivity index (χ2n) is 6.93. The normalized spacial score (nSPS) is 11.2. The molecule has 3 aromatic rings. The quantitative estimate of drug-likeness (QED) is 0.690. The Hall–Kier alpha value is -2.54. The van der Waals surface area contributed by atoms with Gasteiger partial charge in [-0.3, -0.25) is 4.79 Å². The lowest BCUT2D eigenvalue weighted by atomic mass is 10.1. The molecule has 27 heavy (non-hydrogen) atoms. The molecule has 2 heterocycles. The van der Waals surface area contributed by atoms with Gasteiger partial charge in [0.2, 0.25) is 0 Å². The summed E-state index contributed by atoms with van der Waals surface area (Å²) in [6.07, 6.45) is 4.21. The Balaban J connectivity index is 1.68. The lowest BCUT2D eigenvalue weighted by Crippen LogP contribution is -2.22. The van der Waals surface area contributed by atoms with Crippen LogP contribution >= 0.6 is 11.3 Å². The summed E-state index contributed by atoms with van der Waals surface area (Å²) in [5.41, 5.74) is 1.88. The van der Waals surface area contributed by atoms with Gasteiger partial charge in [0.25, 0.3) is 5.91 Å². The summed E-state index contributed by atoms with van der Waals surface area (Å²) >= 11 is 1.43. The van der Waals surface area contributed by atoms with E-state index in [1.54, 1.807) is 23.0 Å². The van der Waals surface area contributed by atoms with Crippen molar-refractivity contribution in [2.75, 3.05) is 0 Å². The average Bonchev–Trinajstić information content (AvgIpc) is 3.18. The van der Waals surface area contributed by atoms with Gasteiger partial charge in [-0.05, 0) is 37.5 Å². The largest absolute Gasteiger partial charge is 0.347 e. The van der Waals surface area contributed by atoms with E-state index in [1.165, 1.54) is 17.4 Å². The second-order valence-corrected chi connectivity index (χ2v) is 8.02. The number of imidazole rings is 1. The van der Waals surface area contributed by atoms with Crippen LogP contribution in [-0.2, 0) is 13.0 Å². The zero-order chi connectivity index (χ0) is 19.6. The molecule has 0 atom stereocenters. The Morgan fingerprint density at radius 2 is 2.11 bits per heavy atom. The smallest absolute Gasteiger partial charge is 0.263 e. The molecule has 3 rings (SSSR count). The van der Waals surface area contributed by atoms with Gasteiger partial charge in [-0.25, -0.2) is 14.4 Å². The van der Waals surface area contributed by atoms with Crippen molar-refractivity contribution in [3.63, 3.8) is 0 Å². The molecule has 142 valence electrons. The van der Waals surface area contributed by atoms with Crippen molar-refractivity contribution in [3.05, 3.63) is 63.4 Å². The van der Waals surface area contributed by atoms with Gasteiger partial charge >= 0.3 is 0 Å². The minimum atomic E-state index is -0.351. The van der Waals surface area contributed by atoms with Crippen LogP contribution in [0.15, 0.2) is 30.6 Å². The first kappa shape index (κ1) is 19.2. The van der Waals surface area contributed by atoms with Crippen LogP contribution in [0.1, 0.15) is 45.6 Å². The third-order valence-corrected chi connectivity index (χ3v) is 5.36. The minimum absolute atomic E-state index is 0.171. The van der Waals surface area contributed by atoms with E-state index in [1.807, 2.05) is 19.9 Å². The number of thiazole rings is 1. The summed E-state index contributed by atoms with van der Waals surface area (Å²) in [5, 5.41) is 3.83. The molecule has 0 fully saturated rings. The highest BCUT2D eigenvalue weighted by molar-refractivity contribution is 7.13. The van der Waals surface area contributed by atoms with Crippen LogP contribution in [0.25, 0.3) is 5.69 Å². The van der Waals surface area contributed by atoms with Crippen LogP contribution in [0, 0.1) is 25.6 Å². The Labute approximate surface area is 162 Å². The number of nitrogens with zero attached hydrogens (tertiary/aromatic N) is 3. The molecule has 0 spiro atoms. The summed E-state index contributed by atoms with van der Waals surface area (Å²) in [5.74, 6) is 0.686. The molecule has 0 bridgehead atoms. The number of nitrogens with one attached hydrogen (secondary N) is 1. The maximum Gasteiger partial charge on any atom is 0.263 e. The molecular weight excluding hydrogens is 363 g/mol. The average molecular weight is 386 g/mol. The molecular formula is C20H23FN4OS. The van der Waals surface area contributed by atoms with E-state index in [0.717, 1.165) is 17.1 Å². The van der Waals surface area contributed by atoms with Gasteiger partial charge in [0.05, 0.1) is 16.4 Å². The standard InChI is InChI=1S/C20H23FN4OS/c1-12(2)9-18-24-13(3)19(27-18)20(26)23-11-15-5-6-17(16(21)10-15)25-8-7-22-14(25)4/h5-8,10,12H,9,11H2,1-4H3,(H,23,26). The summed E-state index contributed by atoms with van der Waals surface area (Å²) in [4.78, 5) is 21.7. The monoisotopic (exact) mass is 386 g/mol. The number of carbonyl (C=O) groups is 1. The molecule has 0 aliphatic carbocycles. The summed E-state index contributed by atoms with van der Waals surface area (Å²) in [6.45, 7) is 8.17. The van der Waals surface area contributed by atoms with E-state index >= 15 is 0 Å². The number of benzene rings is 1. The van der Waals surface area contributed by atoms with Crippen molar-refractivity contribution >= 4 is 17.2 Å². The van der Waals surface area contributed by atoms with Crippen molar-refractivity contribution in [2.45, 2.75) is 40.7 Å². The number of halogens is 1. The molecule has 5 nitrogen and oxygen atoms in total. The molecule has 1 aromatic carbocycles. The predicted octanol–water partition coefficient (Wildman–Crippen LogP) is 4.21. The van der Waals surface area contributed by atoms with Crippen LogP contribution in [-0.4, -0.2) is 20.4 Å². The first-order chi connectivity index (χ1) is 12.8. The van der Waals surface area contributed by atoms with Crippen molar-refractivity contribution in [1.82, 2.24) is 19.9 Å². The Morgan fingerprint density at radius 1 is 1.33 bits per heavy atom. The third kappa shape index (κ3) is 4.42. The summed E-state index contributed by atoms with van der Waals surface area (Å²) < 4.78 is 16.1. The van der Waals surface area contributed by atoms with E-state index in [9.17, 15) is 9.18 Å². The van der Waals surface area contributed by atoms with Crippen molar-refractivity contribution in [3.8, 4) is 5.69 Å². The molecule has 0 saturated carbocycles. The molecule has 0 saturated heterocycles. The van der Waals surface area contributed by atoms with E-state index in [4.69, 9.17) is 0 Å². The molecule has 1 N–H and O–H groups in total.